The minimum Gasteiger partial charge on any atom is -0.462 e. The Morgan fingerprint density at radius 2 is 1.52 bits per heavy atom. The first-order valence-corrected chi connectivity index (χ1v) is 9.86. The molecule has 3 aromatic rings. The van der Waals surface area contributed by atoms with Crippen molar-refractivity contribution in [2.45, 2.75) is 13.8 Å². The molecule has 0 fully saturated rings. The SMILES string of the molecule is CCOC(=O)c1c(NC(=O)c2ccccc2)sc(C(=O)Nc2ccccc2)c1C. The highest BCUT2D eigenvalue weighted by atomic mass is 32.1. The summed E-state index contributed by atoms with van der Waals surface area (Å²) in [6.45, 7) is 3.55. The number of thiophene rings is 1. The molecule has 2 N–H and O–H groups in total. The van der Waals surface area contributed by atoms with Crippen LogP contribution in [0.15, 0.2) is 60.7 Å². The second-order valence-corrected chi connectivity index (χ2v) is 7.14. The largest absolute Gasteiger partial charge is 0.462 e. The zero-order chi connectivity index (χ0) is 20.8. The number of para-hydroxylation sites is 1. The molecule has 0 radical (unpaired) electrons. The normalized spacial score (nSPS) is 10.3. The van der Waals surface area contributed by atoms with Crippen LogP contribution in [-0.2, 0) is 4.74 Å². The number of hydrogen-bond acceptors (Lipinski definition) is 5. The molecule has 1 heterocycles. The molecule has 0 unspecified atom stereocenters. The number of esters is 1. The zero-order valence-corrected chi connectivity index (χ0v) is 16.8. The summed E-state index contributed by atoms with van der Waals surface area (Å²) in [5, 5.41) is 5.83. The van der Waals surface area contributed by atoms with Crippen LogP contribution >= 0.6 is 11.3 Å². The number of carbonyl (C=O) groups excluding carboxylic acids is 3. The third-order valence-electron chi connectivity index (χ3n) is 4.13. The van der Waals surface area contributed by atoms with E-state index in [9.17, 15) is 14.4 Å². The molecule has 148 valence electrons. The third kappa shape index (κ3) is 4.70. The van der Waals surface area contributed by atoms with Crippen LogP contribution < -0.4 is 10.6 Å². The maximum atomic E-state index is 12.8. The van der Waals surface area contributed by atoms with E-state index in [-0.39, 0.29) is 29.0 Å². The first-order chi connectivity index (χ1) is 14.0. The van der Waals surface area contributed by atoms with E-state index in [1.807, 2.05) is 24.3 Å². The van der Waals surface area contributed by atoms with Crippen molar-refractivity contribution >= 4 is 39.8 Å². The van der Waals surface area contributed by atoms with Crippen molar-refractivity contribution in [3.05, 3.63) is 82.2 Å². The number of benzene rings is 2. The number of carbonyl (C=O) groups is 3. The van der Waals surface area contributed by atoms with E-state index in [0.717, 1.165) is 11.3 Å². The fourth-order valence-corrected chi connectivity index (χ4v) is 3.83. The van der Waals surface area contributed by atoms with E-state index in [4.69, 9.17) is 4.74 Å². The van der Waals surface area contributed by atoms with Gasteiger partial charge in [-0.15, -0.1) is 11.3 Å². The highest BCUT2D eigenvalue weighted by Crippen LogP contribution is 2.34. The lowest BCUT2D eigenvalue weighted by atomic mass is 10.1. The average Bonchev–Trinajstić information content (AvgIpc) is 3.05. The first-order valence-electron chi connectivity index (χ1n) is 9.04. The van der Waals surface area contributed by atoms with Crippen molar-refractivity contribution in [3.63, 3.8) is 0 Å². The Hall–Kier alpha value is -3.45. The lowest BCUT2D eigenvalue weighted by Gasteiger charge is -2.07. The van der Waals surface area contributed by atoms with Gasteiger partial charge < -0.3 is 15.4 Å². The van der Waals surface area contributed by atoms with Gasteiger partial charge in [0.1, 0.15) is 5.00 Å². The van der Waals surface area contributed by atoms with Gasteiger partial charge in [-0.05, 0) is 43.7 Å². The molecular weight excluding hydrogens is 388 g/mol. The summed E-state index contributed by atoms with van der Waals surface area (Å²) in [7, 11) is 0. The Bertz CT molecular complexity index is 1030. The summed E-state index contributed by atoms with van der Waals surface area (Å²) in [6, 6.07) is 17.7. The maximum absolute atomic E-state index is 12.8. The van der Waals surface area contributed by atoms with Crippen LogP contribution in [0.2, 0.25) is 0 Å². The average molecular weight is 408 g/mol. The standard InChI is InChI=1S/C22H20N2O4S/c1-3-28-22(27)17-14(2)18(20(26)23-16-12-8-5-9-13-16)29-21(17)24-19(25)15-10-6-4-7-11-15/h4-13H,3H2,1-2H3,(H,23,26)(H,24,25). The van der Waals surface area contributed by atoms with E-state index >= 15 is 0 Å². The second kappa shape index (κ2) is 9.16. The van der Waals surface area contributed by atoms with Gasteiger partial charge in [0.15, 0.2) is 0 Å². The summed E-state index contributed by atoms with van der Waals surface area (Å²) >= 11 is 1.05. The number of nitrogens with one attached hydrogen (secondary N) is 2. The molecule has 0 aliphatic rings. The third-order valence-corrected chi connectivity index (χ3v) is 5.33. The first kappa shape index (κ1) is 20.3. The van der Waals surface area contributed by atoms with Gasteiger partial charge in [-0.2, -0.15) is 0 Å². The van der Waals surface area contributed by atoms with Gasteiger partial charge in [0, 0.05) is 11.3 Å². The summed E-state index contributed by atoms with van der Waals surface area (Å²) in [5.74, 6) is -1.31. The number of ether oxygens (including phenoxy) is 1. The number of hydrogen-bond donors (Lipinski definition) is 2. The molecule has 1 aromatic heterocycles. The Balaban J connectivity index is 1.94. The van der Waals surface area contributed by atoms with E-state index < -0.39 is 5.97 Å². The molecule has 6 nitrogen and oxygen atoms in total. The van der Waals surface area contributed by atoms with Crippen molar-refractivity contribution < 1.29 is 19.1 Å². The van der Waals surface area contributed by atoms with Crippen LogP contribution in [0, 0.1) is 6.92 Å². The van der Waals surface area contributed by atoms with Gasteiger partial charge in [0.2, 0.25) is 0 Å². The van der Waals surface area contributed by atoms with Crippen molar-refractivity contribution in [2.24, 2.45) is 0 Å². The van der Waals surface area contributed by atoms with Gasteiger partial charge in [-0.3, -0.25) is 9.59 Å². The summed E-state index contributed by atoms with van der Waals surface area (Å²) < 4.78 is 5.13. The Kier molecular flexibility index (Phi) is 6.41. The Morgan fingerprint density at radius 1 is 0.897 bits per heavy atom. The highest BCUT2D eigenvalue weighted by molar-refractivity contribution is 7.19. The smallest absolute Gasteiger partial charge is 0.341 e. The van der Waals surface area contributed by atoms with Crippen LogP contribution in [0.1, 0.15) is 42.9 Å². The summed E-state index contributed by atoms with van der Waals surface area (Å²) in [4.78, 5) is 38.2. The van der Waals surface area contributed by atoms with Crippen molar-refractivity contribution in [2.75, 3.05) is 17.2 Å². The van der Waals surface area contributed by atoms with E-state index in [1.165, 1.54) is 0 Å². The molecule has 7 heteroatoms. The Labute approximate surface area is 172 Å². The van der Waals surface area contributed by atoms with Crippen LogP contribution in [0.4, 0.5) is 10.7 Å². The quantitative estimate of drug-likeness (QED) is 0.577. The molecule has 0 spiro atoms. The predicted molar refractivity (Wildman–Crippen MR) is 114 cm³/mol. The molecule has 3 rings (SSSR count). The minimum absolute atomic E-state index is 0.186. The van der Waals surface area contributed by atoms with E-state index in [0.29, 0.717) is 21.7 Å². The number of anilines is 2. The van der Waals surface area contributed by atoms with Gasteiger partial charge in [0.05, 0.1) is 17.0 Å². The highest BCUT2D eigenvalue weighted by Gasteiger charge is 2.27. The molecule has 0 aliphatic heterocycles. The summed E-state index contributed by atoms with van der Waals surface area (Å²) in [6.07, 6.45) is 0. The zero-order valence-electron chi connectivity index (χ0n) is 16.0. The van der Waals surface area contributed by atoms with Gasteiger partial charge in [-0.1, -0.05) is 36.4 Å². The predicted octanol–water partition coefficient (Wildman–Crippen LogP) is 4.74. The molecule has 0 aliphatic carbocycles. The second-order valence-electron chi connectivity index (χ2n) is 6.12. The van der Waals surface area contributed by atoms with Gasteiger partial charge >= 0.3 is 5.97 Å². The van der Waals surface area contributed by atoms with Crippen molar-refractivity contribution in [1.29, 1.82) is 0 Å². The lowest BCUT2D eigenvalue weighted by Crippen LogP contribution is -2.15. The molecule has 0 saturated carbocycles. The minimum atomic E-state index is -0.580. The molecule has 2 amide bonds. The number of rotatable bonds is 6. The summed E-state index contributed by atoms with van der Waals surface area (Å²) in [5.41, 5.74) is 1.74. The molecule has 0 atom stereocenters. The van der Waals surface area contributed by atoms with Crippen LogP contribution in [-0.4, -0.2) is 24.4 Å². The van der Waals surface area contributed by atoms with Crippen LogP contribution in [0.25, 0.3) is 0 Å². The van der Waals surface area contributed by atoms with Crippen LogP contribution in [0.3, 0.4) is 0 Å². The molecule has 2 aromatic carbocycles. The van der Waals surface area contributed by atoms with Crippen LogP contribution in [0.5, 0.6) is 0 Å². The fourth-order valence-electron chi connectivity index (χ4n) is 2.74. The van der Waals surface area contributed by atoms with E-state index in [1.54, 1.807) is 50.2 Å². The van der Waals surface area contributed by atoms with E-state index in [2.05, 4.69) is 10.6 Å². The Morgan fingerprint density at radius 3 is 2.14 bits per heavy atom. The maximum Gasteiger partial charge on any atom is 0.341 e. The van der Waals surface area contributed by atoms with Gasteiger partial charge in [-0.25, -0.2) is 4.79 Å². The molecular formula is C22H20N2O4S. The van der Waals surface area contributed by atoms with Gasteiger partial charge in [0.25, 0.3) is 11.8 Å². The molecule has 0 bridgehead atoms. The monoisotopic (exact) mass is 408 g/mol. The molecule has 0 saturated heterocycles. The van der Waals surface area contributed by atoms with Crippen molar-refractivity contribution in [3.8, 4) is 0 Å². The van der Waals surface area contributed by atoms with Crippen molar-refractivity contribution in [1.82, 2.24) is 0 Å². The molecule has 29 heavy (non-hydrogen) atoms. The lowest BCUT2D eigenvalue weighted by molar-refractivity contribution is 0.0527. The topological polar surface area (TPSA) is 84.5 Å². The fraction of sp³-hybridized carbons (Fsp3) is 0.136. The number of amides is 2.